The van der Waals surface area contributed by atoms with Crippen LogP contribution < -0.4 is 4.90 Å². The Balaban J connectivity index is 2.21. The van der Waals surface area contributed by atoms with E-state index in [1.165, 1.54) is 24.3 Å². The van der Waals surface area contributed by atoms with Crippen LogP contribution in [0.3, 0.4) is 0 Å². The summed E-state index contributed by atoms with van der Waals surface area (Å²) < 4.78 is 0. The lowest BCUT2D eigenvalue weighted by atomic mass is 9.96. The highest BCUT2D eigenvalue weighted by Crippen LogP contribution is 2.42. The first kappa shape index (κ1) is 18.1. The van der Waals surface area contributed by atoms with Gasteiger partial charge in [-0.05, 0) is 35.9 Å². The van der Waals surface area contributed by atoms with Gasteiger partial charge >= 0.3 is 0 Å². The van der Waals surface area contributed by atoms with Crippen molar-refractivity contribution in [3.8, 4) is 6.07 Å². The lowest BCUT2D eigenvalue weighted by Crippen LogP contribution is -2.28. The SMILES string of the molecule is N#C/C(=C1\C(=O)N(CCBr)c2ccc(Cl)cc21)c1ccc([N+](=O)[O-])cc1. The molecule has 0 spiro atoms. The molecule has 8 heteroatoms. The average molecular weight is 433 g/mol. The molecule has 2 aromatic rings. The number of alkyl halides is 1. The Morgan fingerprint density at radius 1 is 1.27 bits per heavy atom. The van der Waals surface area contributed by atoms with E-state index in [2.05, 4.69) is 22.0 Å². The van der Waals surface area contributed by atoms with Gasteiger partial charge in [0.05, 0.1) is 21.8 Å². The number of benzene rings is 2. The average Bonchev–Trinajstić information content (AvgIpc) is 2.89. The van der Waals surface area contributed by atoms with E-state index in [1.807, 2.05) is 0 Å². The van der Waals surface area contributed by atoms with Crippen LogP contribution in [0.4, 0.5) is 11.4 Å². The molecule has 0 N–H and O–H groups in total. The van der Waals surface area contributed by atoms with Gasteiger partial charge in [0, 0.05) is 34.6 Å². The van der Waals surface area contributed by atoms with E-state index >= 15 is 0 Å². The van der Waals surface area contributed by atoms with Gasteiger partial charge in [-0.15, -0.1) is 0 Å². The zero-order chi connectivity index (χ0) is 18.8. The molecule has 0 atom stereocenters. The summed E-state index contributed by atoms with van der Waals surface area (Å²) >= 11 is 9.42. The fourth-order valence-electron chi connectivity index (χ4n) is 2.87. The third kappa shape index (κ3) is 3.09. The van der Waals surface area contributed by atoms with Gasteiger partial charge in [0.25, 0.3) is 11.6 Å². The Hall–Kier alpha value is -2.69. The van der Waals surface area contributed by atoms with Crippen molar-refractivity contribution < 1.29 is 9.72 Å². The highest BCUT2D eigenvalue weighted by Gasteiger charge is 2.35. The van der Waals surface area contributed by atoms with Gasteiger partial charge < -0.3 is 4.90 Å². The number of anilines is 1. The van der Waals surface area contributed by atoms with Crippen molar-refractivity contribution in [1.29, 1.82) is 5.26 Å². The van der Waals surface area contributed by atoms with Gasteiger partial charge in [-0.3, -0.25) is 14.9 Å². The van der Waals surface area contributed by atoms with E-state index in [-0.39, 0.29) is 22.7 Å². The number of carbonyl (C=O) groups is 1. The second-order valence-corrected chi connectivity index (χ2v) is 6.70. The number of non-ortho nitro benzene ring substituents is 1. The van der Waals surface area contributed by atoms with E-state index in [4.69, 9.17) is 11.6 Å². The Morgan fingerprint density at radius 3 is 2.54 bits per heavy atom. The fraction of sp³-hybridized carbons (Fsp3) is 0.111. The Labute approximate surface area is 162 Å². The maximum Gasteiger partial charge on any atom is 0.269 e. The third-order valence-corrected chi connectivity index (χ3v) is 4.60. The van der Waals surface area contributed by atoms with Crippen LogP contribution in [0.25, 0.3) is 11.1 Å². The van der Waals surface area contributed by atoms with Crippen LogP contribution in [0.15, 0.2) is 42.5 Å². The highest BCUT2D eigenvalue weighted by atomic mass is 79.9. The summed E-state index contributed by atoms with van der Waals surface area (Å²) in [6, 6.07) is 12.7. The molecular weight excluding hydrogens is 422 g/mol. The molecule has 0 aliphatic carbocycles. The van der Waals surface area contributed by atoms with Crippen molar-refractivity contribution >= 4 is 56.0 Å². The second kappa shape index (κ2) is 7.28. The number of amides is 1. The number of carbonyl (C=O) groups excluding carboxylic acids is 1. The number of nitriles is 1. The highest BCUT2D eigenvalue weighted by molar-refractivity contribution is 9.09. The Bertz CT molecular complexity index is 980. The zero-order valence-corrected chi connectivity index (χ0v) is 15.6. The number of hydrogen-bond acceptors (Lipinski definition) is 4. The number of allylic oxidation sites excluding steroid dienone is 1. The predicted octanol–water partition coefficient (Wildman–Crippen LogP) is 4.42. The molecule has 1 aliphatic heterocycles. The first-order valence-corrected chi connectivity index (χ1v) is 9.05. The van der Waals surface area contributed by atoms with E-state index in [9.17, 15) is 20.2 Å². The molecule has 2 aromatic carbocycles. The number of fused-ring (bicyclic) bond motifs is 1. The number of hydrogen-bond donors (Lipinski definition) is 0. The van der Waals surface area contributed by atoms with Gasteiger partial charge in [-0.1, -0.05) is 27.5 Å². The Kier molecular flexibility index (Phi) is 5.07. The summed E-state index contributed by atoms with van der Waals surface area (Å²) in [4.78, 5) is 24.8. The van der Waals surface area contributed by atoms with E-state index in [1.54, 1.807) is 23.1 Å². The van der Waals surface area contributed by atoms with E-state index in [0.29, 0.717) is 33.7 Å². The summed E-state index contributed by atoms with van der Waals surface area (Å²) in [6.45, 7) is 0.440. The van der Waals surface area contributed by atoms with Crippen molar-refractivity contribution in [2.45, 2.75) is 0 Å². The summed E-state index contributed by atoms with van der Waals surface area (Å²) in [7, 11) is 0. The van der Waals surface area contributed by atoms with Gasteiger partial charge in [0.1, 0.15) is 6.07 Å². The molecule has 1 heterocycles. The third-order valence-electron chi connectivity index (χ3n) is 4.01. The van der Waals surface area contributed by atoms with Crippen LogP contribution in [0.1, 0.15) is 11.1 Å². The van der Waals surface area contributed by atoms with Gasteiger partial charge in [-0.25, -0.2) is 0 Å². The molecule has 130 valence electrons. The van der Waals surface area contributed by atoms with E-state index in [0.717, 1.165) is 0 Å². The van der Waals surface area contributed by atoms with Crippen LogP contribution in [0, 0.1) is 21.4 Å². The predicted molar refractivity (Wildman–Crippen MR) is 103 cm³/mol. The zero-order valence-electron chi connectivity index (χ0n) is 13.3. The summed E-state index contributed by atoms with van der Waals surface area (Å²) in [5.74, 6) is -0.295. The maximum atomic E-state index is 13.0. The topological polar surface area (TPSA) is 87.2 Å². The van der Waals surface area contributed by atoms with Crippen molar-refractivity contribution in [2.24, 2.45) is 0 Å². The first-order valence-electron chi connectivity index (χ1n) is 7.55. The number of halogens is 2. The van der Waals surface area contributed by atoms with Crippen LogP contribution in [0.2, 0.25) is 5.02 Å². The van der Waals surface area contributed by atoms with Gasteiger partial charge in [0.15, 0.2) is 0 Å². The first-order chi connectivity index (χ1) is 12.5. The summed E-state index contributed by atoms with van der Waals surface area (Å²) in [5, 5.41) is 21.5. The monoisotopic (exact) mass is 431 g/mol. The molecule has 3 rings (SSSR count). The minimum absolute atomic E-state index is 0.0850. The lowest BCUT2D eigenvalue weighted by molar-refractivity contribution is -0.384. The minimum Gasteiger partial charge on any atom is -0.307 e. The molecule has 0 radical (unpaired) electrons. The van der Waals surface area contributed by atoms with Gasteiger partial charge in [-0.2, -0.15) is 5.26 Å². The molecule has 0 saturated heterocycles. The number of nitro groups is 1. The molecular formula is C18H11BrClN3O3. The van der Waals surface area contributed by atoms with Crippen LogP contribution in [0.5, 0.6) is 0 Å². The molecule has 0 saturated carbocycles. The van der Waals surface area contributed by atoms with Crippen molar-refractivity contribution in [1.82, 2.24) is 0 Å². The van der Waals surface area contributed by atoms with E-state index < -0.39 is 4.92 Å². The smallest absolute Gasteiger partial charge is 0.269 e. The minimum atomic E-state index is -0.517. The summed E-state index contributed by atoms with van der Waals surface area (Å²) in [5.41, 5.74) is 2.03. The normalized spacial score (nSPS) is 14.8. The molecule has 0 fully saturated rings. The van der Waals surface area contributed by atoms with Crippen LogP contribution in [-0.2, 0) is 4.79 Å². The number of rotatable bonds is 4. The molecule has 1 amide bonds. The largest absolute Gasteiger partial charge is 0.307 e. The number of nitrogens with zero attached hydrogens (tertiary/aromatic N) is 3. The maximum absolute atomic E-state index is 13.0. The van der Waals surface area contributed by atoms with Gasteiger partial charge in [0.2, 0.25) is 0 Å². The fourth-order valence-corrected chi connectivity index (χ4v) is 3.39. The molecule has 0 unspecified atom stereocenters. The quantitative estimate of drug-likeness (QED) is 0.235. The summed E-state index contributed by atoms with van der Waals surface area (Å²) in [6.07, 6.45) is 0. The Morgan fingerprint density at radius 2 is 1.96 bits per heavy atom. The molecule has 1 aliphatic rings. The molecule has 6 nitrogen and oxygen atoms in total. The standard InChI is InChI=1S/C18H11BrClN3O3/c19-7-8-22-16-6-3-12(20)9-14(16)17(18(22)24)15(10-21)11-1-4-13(5-2-11)23(25)26/h1-6,9H,7-8H2/b17-15+. The lowest BCUT2D eigenvalue weighted by Gasteiger charge is -2.15. The van der Waals surface area contributed by atoms with Crippen molar-refractivity contribution in [3.63, 3.8) is 0 Å². The molecule has 26 heavy (non-hydrogen) atoms. The molecule has 0 aromatic heterocycles. The van der Waals surface area contributed by atoms with Crippen molar-refractivity contribution in [3.05, 3.63) is 68.7 Å². The molecule has 0 bridgehead atoms. The van der Waals surface area contributed by atoms with Crippen molar-refractivity contribution in [2.75, 3.05) is 16.8 Å². The second-order valence-electron chi connectivity index (χ2n) is 5.47. The van der Waals surface area contributed by atoms with Crippen LogP contribution in [-0.4, -0.2) is 22.7 Å². The van der Waals surface area contributed by atoms with Crippen LogP contribution >= 0.6 is 27.5 Å². The number of nitro benzene ring substituents is 1.